The van der Waals surface area contributed by atoms with Crippen molar-refractivity contribution in [2.75, 3.05) is 52.4 Å². The molecule has 2 aliphatic heterocycles. The van der Waals surface area contributed by atoms with Crippen LogP contribution in [0.5, 0.6) is 0 Å². The first-order chi connectivity index (χ1) is 13.7. The van der Waals surface area contributed by atoms with Crippen LogP contribution in [0.3, 0.4) is 0 Å². The highest BCUT2D eigenvalue weighted by atomic mass is 127. The third-order valence-corrected chi connectivity index (χ3v) is 5.57. The normalized spacial score (nSPS) is 18.3. The quantitative estimate of drug-likeness (QED) is 0.371. The van der Waals surface area contributed by atoms with Crippen molar-refractivity contribution in [1.29, 1.82) is 0 Å². The predicted octanol–water partition coefficient (Wildman–Crippen LogP) is 2.10. The van der Waals surface area contributed by atoms with Crippen molar-refractivity contribution in [2.45, 2.75) is 39.7 Å². The van der Waals surface area contributed by atoms with Gasteiger partial charge in [-0.3, -0.25) is 14.7 Å². The maximum atomic E-state index is 12.5. The molecule has 1 N–H and O–H groups in total. The lowest BCUT2D eigenvalue weighted by Crippen LogP contribution is -2.54. The van der Waals surface area contributed by atoms with E-state index in [0.29, 0.717) is 19.0 Å². The molecule has 0 unspecified atom stereocenters. The average Bonchev–Trinajstić information content (AvgIpc) is 2.73. The van der Waals surface area contributed by atoms with Crippen molar-refractivity contribution < 1.29 is 4.79 Å². The highest BCUT2D eigenvalue weighted by Gasteiger charge is 2.24. The summed E-state index contributed by atoms with van der Waals surface area (Å²) in [6, 6.07) is 4.03. The molecule has 0 aliphatic carbocycles. The second-order valence-electron chi connectivity index (χ2n) is 7.64. The first kappa shape index (κ1) is 23.9. The number of likely N-dealkylation sites (tertiary alicyclic amines) is 1. The minimum Gasteiger partial charge on any atom is -0.357 e. The van der Waals surface area contributed by atoms with Gasteiger partial charge in [0.2, 0.25) is 5.91 Å². The summed E-state index contributed by atoms with van der Waals surface area (Å²) in [7, 11) is 0. The molecule has 0 saturated carbocycles. The van der Waals surface area contributed by atoms with Crippen molar-refractivity contribution in [3.63, 3.8) is 0 Å². The number of guanidine groups is 1. The minimum atomic E-state index is 0. The van der Waals surface area contributed by atoms with Gasteiger partial charge in [-0.25, -0.2) is 4.99 Å². The smallest absolute Gasteiger partial charge is 0.236 e. The van der Waals surface area contributed by atoms with E-state index in [1.165, 1.54) is 12.0 Å². The van der Waals surface area contributed by atoms with Crippen molar-refractivity contribution in [1.82, 2.24) is 25.0 Å². The Labute approximate surface area is 192 Å². The van der Waals surface area contributed by atoms with E-state index >= 15 is 0 Å². The third kappa shape index (κ3) is 7.09. The number of hydrogen-bond donors (Lipinski definition) is 1. The summed E-state index contributed by atoms with van der Waals surface area (Å²) < 4.78 is 0. The highest BCUT2D eigenvalue weighted by Crippen LogP contribution is 2.11. The lowest BCUT2D eigenvalue weighted by atomic mass is 10.1. The second-order valence-corrected chi connectivity index (χ2v) is 7.64. The number of rotatable bonds is 5. The topological polar surface area (TPSA) is 64.1 Å². The molecule has 0 bridgehead atoms. The number of piperidine rings is 1. The van der Waals surface area contributed by atoms with Crippen LogP contribution >= 0.6 is 24.0 Å². The number of hydrogen-bond acceptors (Lipinski definition) is 4. The van der Waals surface area contributed by atoms with Crippen molar-refractivity contribution in [3.05, 3.63) is 29.6 Å². The van der Waals surface area contributed by atoms with Gasteiger partial charge in [-0.15, -0.1) is 24.0 Å². The molecule has 0 aromatic carbocycles. The van der Waals surface area contributed by atoms with Crippen LogP contribution in [0.25, 0.3) is 0 Å². The molecule has 3 heterocycles. The zero-order chi connectivity index (χ0) is 19.8. The fourth-order valence-corrected chi connectivity index (χ4v) is 3.81. The number of nitrogens with zero attached hydrogens (tertiary/aromatic N) is 5. The number of aryl methyl sites for hydroxylation is 1. The van der Waals surface area contributed by atoms with Crippen LogP contribution in [-0.4, -0.2) is 83.9 Å². The molecule has 0 radical (unpaired) electrons. The standard InChI is InChI=1S/C21H34N6O.HI/c1-3-22-21(24-16-19-18(2)8-7-9-23-19)27-14-12-25(13-15-27)17-20(28)26-10-5-4-6-11-26;/h7-9H,3-6,10-17H2,1-2H3,(H,22,24);1H. The third-order valence-electron chi connectivity index (χ3n) is 5.57. The number of aliphatic imine (C=N–C) groups is 1. The molecular formula is C21H35IN6O. The van der Waals surface area contributed by atoms with Crippen LogP contribution in [0.1, 0.15) is 37.4 Å². The van der Waals surface area contributed by atoms with E-state index in [9.17, 15) is 4.79 Å². The van der Waals surface area contributed by atoms with E-state index < -0.39 is 0 Å². The molecule has 2 saturated heterocycles. The van der Waals surface area contributed by atoms with Gasteiger partial charge in [-0.1, -0.05) is 6.07 Å². The monoisotopic (exact) mass is 514 g/mol. The van der Waals surface area contributed by atoms with Gasteiger partial charge in [0.05, 0.1) is 18.8 Å². The number of pyridine rings is 1. The van der Waals surface area contributed by atoms with Gasteiger partial charge in [0.25, 0.3) is 0 Å². The predicted molar refractivity (Wildman–Crippen MR) is 128 cm³/mol. The Bertz CT molecular complexity index is 669. The minimum absolute atomic E-state index is 0. The molecule has 29 heavy (non-hydrogen) atoms. The lowest BCUT2D eigenvalue weighted by Gasteiger charge is -2.37. The summed E-state index contributed by atoms with van der Waals surface area (Å²) >= 11 is 0. The average molecular weight is 514 g/mol. The Morgan fingerprint density at radius 1 is 1.10 bits per heavy atom. The van der Waals surface area contributed by atoms with Gasteiger partial charge in [0, 0.05) is 52.0 Å². The number of nitrogens with one attached hydrogen (secondary N) is 1. The van der Waals surface area contributed by atoms with E-state index in [1.54, 1.807) is 0 Å². The zero-order valence-electron chi connectivity index (χ0n) is 17.8. The van der Waals surface area contributed by atoms with E-state index in [4.69, 9.17) is 4.99 Å². The summed E-state index contributed by atoms with van der Waals surface area (Å²) in [6.45, 7) is 11.6. The lowest BCUT2D eigenvalue weighted by molar-refractivity contribution is -0.133. The van der Waals surface area contributed by atoms with Gasteiger partial charge in [-0.05, 0) is 44.7 Å². The van der Waals surface area contributed by atoms with E-state index in [2.05, 4.69) is 40.0 Å². The Hall–Kier alpha value is -1.42. The molecule has 0 spiro atoms. The Morgan fingerprint density at radius 3 is 2.48 bits per heavy atom. The van der Waals surface area contributed by atoms with Gasteiger partial charge in [-0.2, -0.15) is 0 Å². The van der Waals surface area contributed by atoms with Gasteiger partial charge < -0.3 is 15.1 Å². The van der Waals surface area contributed by atoms with Gasteiger partial charge in [0.1, 0.15) is 0 Å². The number of amides is 1. The first-order valence-corrected chi connectivity index (χ1v) is 10.6. The van der Waals surface area contributed by atoms with E-state index in [0.717, 1.165) is 70.3 Å². The number of carbonyl (C=O) groups is 1. The number of carbonyl (C=O) groups excluding carboxylic acids is 1. The molecule has 162 valence electrons. The summed E-state index contributed by atoms with van der Waals surface area (Å²) in [5, 5.41) is 3.40. The summed E-state index contributed by atoms with van der Waals surface area (Å²) in [5.74, 6) is 1.23. The maximum absolute atomic E-state index is 12.5. The zero-order valence-corrected chi connectivity index (χ0v) is 20.1. The Kier molecular flexibility index (Phi) is 10.1. The molecule has 0 atom stereocenters. The van der Waals surface area contributed by atoms with Crippen molar-refractivity contribution >= 4 is 35.8 Å². The maximum Gasteiger partial charge on any atom is 0.236 e. The first-order valence-electron chi connectivity index (χ1n) is 10.6. The molecule has 1 aromatic heterocycles. The van der Waals surface area contributed by atoms with Gasteiger partial charge >= 0.3 is 0 Å². The molecular weight excluding hydrogens is 479 g/mol. The summed E-state index contributed by atoms with van der Waals surface area (Å²) in [5.41, 5.74) is 2.19. The molecule has 7 nitrogen and oxygen atoms in total. The number of piperazine rings is 1. The fraction of sp³-hybridized carbons (Fsp3) is 0.667. The Balaban J connectivity index is 0.00000300. The van der Waals surface area contributed by atoms with Crippen LogP contribution in [0, 0.1) is 6.92 Å². The molecule has 2 aliphatic rings. The molecule has 8 heteroatoms. The molecule has 1 aromatic rings. The van der Waals surface area contributed by atoms with Gasteiger partial charge in [0.15, 0.2) is 5.96 Å². The van der Waals surface area contributed by atoms with Crippen LogP contribution in [0.2, 0.25) is 0 Å². The van der Waals surface area contributed by atoms with Crippen molar-refractivity contribution in [2.24, 2.45) is 4.99 Å². The SMILES string of the molecule is CCNC(=NCc1ncccc1C)N1CCN(CC(=O)N2CCCCC2)CC1.I. The fourth-order valence-electron chi connectivity index (χ4n) is 3.81. The Morgan fingerprint density at radius 2 is 1.83 bits per heavy atom. The highest BCUT2D eigenvalue weighted by molar-refractivity contribution is 14.0. The van der Waals surface area contributed by atoms with Crippen LogP contribution in [0.15, 0.2) is 23.3 Å². The summed E-state index contributed by atoms with van der Waals surface area (Å²) in [4.78, 5) is 28.4. The van der Waals surface area contributed by atoms with Crippen LogP contribution in [-0.2, 0) is 11.3 Å². The molecule has 2 fully saturated rings. The number of halogens is 1. The summed E-state index contributed by atoms with van der Waals surface area (Å²) in [6.07, 6.45) is 5.38. The van der Waals surface area contributed by atoms with Crippen molar-refractivity contribution in [3.8, 4) is 0 Å². The van der Waals surface area contributed by atoms with E-state index in [1.807, 2.05) is 17.2 Å². The number of aromatic nitrogens is 1. The van der Waals surface area contributed by atoms with Crippen LogP contribution in [0.4, 0.5) is 0 Å². The van der Waals surface area contributed by atoms with E-state index in [-0.39, 0.29) is 24.0 Å². The van der Waals surface area contributed by atoms with Crippen LogP contribution < -0.4 is 5.32 Å². The largest absolute Gasteiger partial charge is 0.357 e. The second kappa shape index (κ2) is 12.3. The molecule has 3 rings (SSSR count). The molecule has 1 amide bonds.